The van der Waals surface area contributed by atoms with Crippen molar-refractivity contribution in [3.05, 3.63) is 23.8 Å². The van der Waals surface area contributed by atoms with Gasteiger partial charge in [0.05, 0.1) is 32.3 Å². The summed E-state index contributed by atoms with van der Waals surface area (Å²) in [6.07, 6.45) is 0.428. The lowest BCUT2D eigenvalue weighted by atomic mass is 10.0. The topological polar surface area (TPSA) is 94.6 Å². The second-order valence-electron chi connectivity index (χ2n) is 9.72. The number of aliphatic hydroxyl groups excluding tert-OH is 1. The van der Waals surface area contributed by atoms with Gasteiger partial charge in [-0.05, 0) is 39.2 Å². The molecular formula is C25H40N4O5. The van der Waals surface area contributed by atoms with Crippen LogP contribution < -0.4 is 10.1 Å². The SMILES string of the molecule is C[C@H](CO)N1C[C@H](C)[C@@H](CN(C)C)Oc2ccc(NC(=O)CCN3CCOCC3)cc2CC1=O. The number of likely N-dealkylation sites (N-methyl/N-ethyl adjacent to an activating group) is 1. The van der Waals surface area contributed by atoms with Gasteiger partial charge in [-0.25, -0.2) is 0 Å². The van der Waals surface area contributed by atoms with Gasteiger partial charge in [0.25, 0.3) is 0 Å². The molecule has 2 aliphatic heterocycles. The second-order valence-corrected chi connectivity index (χ2v) is 9.72. The number of carbonyl (C=O) groups excluding carboxylic acids is 2. The Morgan fingerprint density at radius 3 is 2.71 bits per heavy atom. The van der Waals surface area contributed by atoms with Gasteiger partial charge in [0.2, 0.25) is 11.8 Å². The number of nitrogens with one attached hydrogen (secondary N) is 1. The zero-order chi connectivity index (χ0) is 24.7. The normalized spacial score (nSPS) is 22.9. The number of rotatable bonds is 8. The standard InChI is InChI=1S/C25H40N4O5/c1-18-15-29(19(2)17-30)25(32)14-20-13-21(5-6-22(20)34-23(18)16-27(3)4)26-24(31)7-8-28-9-11-33-12-10-28/h5-6,13,18-19,23,30H,7-12,14-17H2,1-4H3,(H,26,31)/t18-,19+,23+/m0/s1. The molecule has 1 saturated heterocycles. The summed E-state index contributed by atoms with van der Waals surface area (Å²) in [7, 11) is 4.00. The predicted octanol–water partition coefficient (Wildman–Crippen LogP) is 1.06. The molecule has 0 spiro atoms. The van der Waals surface area contributed by atoms with Gasteiger partial charge in [0.15, 0.2) is 0 Å². The van der Waals surface area contributed by atoms with E-state index in [0.717, 1.165) is 18.7 Å². The first-order valence-electron chi connectivity index (χ1n) is 12.2. The fourth-order valence-corrected chi connectivity index (χ4v) is 4.39. The van der Waals surface area contributed by atoms with Crippen molar-refractivity contribution in [2.24, 2.45) is 5.92 Å². The van der Waals surface area contributed by atoms with Crippen LogP contribution >= 0.6 is 0 Å². The number of anilines is 1. The van der Waals surface area contributed by atoms with E-state index in [1.807, 2.05) is 39.2 Å². The molecular weight excluding hydrogens is 436 g/mol. The third-order valence-electron chi connectivity index (χ3n) is 6.50. The van der Waals surface area contributed by atoms with Gasteiger partial charge in [-0.2, -0.15) is 0 Å². The molecule has 3 rings (SSSR count). The van der Waals surface area contributed by atoms with Crippen LogP contribution in [0.3, 0.4) is 0 Å². The summed E-state index contributed by atoms with van der Waals surface area (Å²) in [5, 5.41) is 12.7. The summed E-state index contributed by atoms with van der Waals surface area (Å²) >= 11 is 0. The van der Waals surface area contributed by atoms with E-state index >= 15 is 0 Å². The van der Waals surface area contributed by atoms with Crippen LogP contribution in [0.15, 0.2) is 18.2 Å². The van der Waals surface area contributed by atoms with Crippen molar-refractivity contribution in [3.63, 3.8) is 0 Å². The monoisotopic (exact) mass is 476 g/mol. The van der Waals surface area contributed by atoms with Gasteiger partial charge < -0.3 is 29.7 Å². The molecule has 190 valence electrons. The van der Waals surface area contributed by atoms with Crippen molar-refractivity contribution in [3.8, 4) is 5.75 Å². The van der Waals surface area contributed by atoms with E-state index in [4.69, 9.17) is 9.47 Å². The van der Waals surface area contributed by atoms with E-state index in [0.29, 0.717) is 50.7 Å². The molecule has 34 heavy (non-hydrogen) atoms. The Bertz CT molecular complexity index is 828. The molecule has 1 fully saturated rings. The number of carbonyl (C=O) groups is 2. The van der Waals surface area contributed by atoms with Crippen molar-refractivity contribution in [2.75, 3.05) is 72.0 Å². The highest BCUT2D eigenvalue weighted by atomic mass is 16.5. The molecule has 0 radical (unpaired) electrons. The highest BCUT2D eigenvalue weighted by Gasteiger charge is 2.30. The summed E-state index contributed by atoms with van der Waals surface area (Å²) in [5.41, 5.74) is 1.39. The molecule has 0 unspecified atom stereocenters. The minimum absolute atomic E-state index is 0.0560. The maximum atomic E-state index is 13.2. The Kier molecular flexibility index (Phi) is 9.70. The minimum Gasteiger partial charge on any atom is -0.488 e. The molecule has 0 bridgehead atoms. The summed E-state index contributed by atoms with van der Waals surface area (Å²) in [6, 6.07) is 5.24. The van der Waals surface area contributed by atoms with Gasteiger partial charge in [0, 0.05) is 56.3 Å². The fraction of sp³-hybridized carbons (Fsp3) is 0.680. The molecule has 0 saturated carbocycles. The van der Waals surface area contributed by atoms with E-state index in [-0.39, 0.29) is 42.9 Å². The highest BCUT2D eigenvalue weighted by Crippen LogP contribution is 2.29. The molecule has 2 amide bonds. The Balaban J connectivity index is 1.76. The first kappa shape index (κ1) is 26.4. The summed E-state index contributed by atoms with van der Waals surface area (Å²) < 4.78 is 11.8. The molecule has 2 N–H and O–H groups in total. The largest absolute Gasteiger partial charge is 0.488 e. The van der Waals surface area contributed by atoms with Crippen molar-refractivity contribution in [1.29, 1.82) is 0 Å². The summed E-state index contributed by atoms with van der Waals surface area (Å²) in [6.45, 7) is 8.86. The Hall–Kier alpha value is -2.20. The third kappa shape index (κ3) is 7.40. The van der Waals surface area contributed by atoms with Crippen molar-refractivity contribution in [1.82, 2.24) is 14.7 Å². The zero-order valence-electron chi connectivity index (χ0n) is 21.0. The Morgan fingerprint density at radius 2 is 2.03 bits per heavy atom. The fourth-order valence-electron chi connectivity index (χ4n) is 4.39. The summed E-state index contributed by atoms with van der Waals surface area (Å²) in [5.74, 6) is 0.624. The minimum atomic E-state index is -0.278. The molecule has 1 aromatic carbocycles. The van der Waals surface area contributed by atoms with Gasteiger partial charge in [0.1, 0.15) is 11.9 Å². The lowest BCUT2D eigenvalue weighted by Crippen LogP contribution is -2.47. The maximum Gasteiger partial charge on any atom is 0.227 e. The van der Waals surface area contributed by atoms with Crippen LogP contribution in [0.2, 0.25) is 0 Å². The van der Waals surface area contributed by atoms with E-state index in [1.54, 1.807) is 4.90 Å². The van der Waals surface area contributed by atoms with Crippen LogP contribution in [-0.4, -0.2) is 110 Å². The predicted molar refractivity (Wildman–Crippen MR) is 131 cm³/mol. The van der Waals surface area contributed by atoms with E-state index in [9.17, 15) is 14.7 Å². The lowest BCUT2D eigenvalue weighted by molar-refractivity contribution is -0.134. The first-order chi connectivity index (χ1) is 16.3. The first-order valence-corrected chi connectivity index (χ1v) is 12.2. The van der Waals surface area contributed by atoms with E-state index < -0.39 is 0 Å². The average molecular weight is 477 g/mol. The number of morpholine rings is 1. The average Bonchev–Trinajstić information content (AvgIpc) is 2.85. The lowest BCUT2D eigenvalue weighted by Gasteiger charge is -2.33. The zero-order valence-corrected chi connectivity index (χ0v) is 21.0. The summed E-state index contributed by atoms with van der Waals surface area (Å²) in [4.78, 5) is 31.8. The van der Waals surface area contributed by atoms with Gasteiger partial charge in [-0.1, -0.05) is 6.92 Å². The molecule has 9 heteroatoms. The van der Waals surface area contributed by atoms with Crippen molar-refractivity contribution in [2.45, 2.75) is 38.8 Å². The quantitative estimate of drug-likeness (QED) is 0.579. The second kappa shape index (κ2) is 12.5. The third-order valence-corrected chi connectivity index (χ3v) is 6.50. The maximum absolute atomic E-state index is 13.2. The molecule has 2 heterocycles. The van der Waals surface area contributed by atoms with Crippen molar-refractivity contribution < 1.29 is 24.2 Å². The Morgan fingerprint density at radius 1 is 1.29 bits per heavy atom. The molecule has 3 atom stereocenters. The van der Waals surface area contributed by atoms with Crippen LogP contribution in [0, 0.1) is 5.92 Å². The number of hydrogen-bond acceptors (Lipinski definition) is 7. The van der Waals surface area contributed by atoms with Crippen molar-refractivity contribution >= 4 is 17.5 Å². The number of hydrogen-bond donors (Lipinski definition) is 2. The van der Waals surface area contributed by atoms with Crippen LogP contribution in [0.1, 0.15) is 25.8 Å². The Labute approximate surface area is 203 Å². The van der Waals surface area contributed by atoms with Crippen LogP contribution in [0.25, 0.3) is 0 Å². The van der Waals surface area contributed by atoms with E-state index in [1.165, 1.54) is 0 Å². The molecule has 0 aliphatic carbocycles. The number of aliphatic hydroxyl groups is 1. The number of nitrogens with zero attached hydrogens (tertiary/aromatic N) is 3. The molecule has 2 aliphatic rings. The van der Waals surface area contributed by atoms with Crippen LogP contribution in [0.4, 0.5) is 5.69 Å². The van der Waals surface area contributed by atoms with Crippen LogP contribution in [0.5, 0.6) is 5.75 Å². The number of amides is 2. The highest BCUT2D eigenvalue weighted by molar-refractivity contribution is 5.91. The van der Waals surface area contributed by atoms with Crippen LogP contribution in [-0.2, 0) is 20.7 Å². The van der Waals surface area contributed by atoms with Gasteiger partial charge >= 0.3 is 0 Å². The van der Waals surface area contributed by atoms with E-state index in [2.05, 4.69) is 22.0 Å². The number of benzene rings is 1. The van der Waals surface area contributed by atoms with Gasteiger partial charge in [-0.3, -0.25) is 14.5 Å². The molecule has 9 nitrogen and oxygen atoms in total. The number of ether oxygens (including phenoxy) is 2. The molecule has 0 aromatic heterocycles. The molecule has 1 aromatic rings. The smallest absolute Gasteiger partial charge is 0.227 e. The number of fused-ring (bicyclic) bond motifs is 1. The van der Waals surface area contributed by atoms with Gasteiger partial charge in [-0.15, -0.1) is 0 Å².